The van der Waals surface area contributed by atoms with Crippen LogP contribution in [0.15, 0.2) is 53.4 Å². The van der Waals surface area contributed by atoms with Crippen molar-refractivity contribution >= 4 is 21.7 Å². The van der Waals surface area contributed by atoms with Gasteiger partial charge in [-0.2, -0.15) is 0 Å². The van der Waals surface area contributed by atoms with Crippen LogP contribution in [0.5, 0.6) is 0 Å². The Morgan fingerprint density at radius 2 is 1.77 bits per heavy atom. The monoisotopic (exact) mass is 373 g/mol. The highest BCUT2D eigenvalue weighted by Crippen LogP contribution is 2.30. The molecule has 7 heteroatoms. The molecule has 6 nitrogen and oxygen atoms in total. The van der Waals surface area contributed by atoms with E-state index < -0.39 is 27.6 Å². The Kier molecular flexibility index (Phi) is 4.82. The van der Waals surface area contributed by atoms with Crippen LogP contribution in [0.3, 0.4) is 0 Å². The molecule has 0 saturated heterocycles. The molecule has 1 aliphatic rings. The zero-order chi connectivity index (χ0) is 18.9. The number of carboxylic acids is 1. The third-order valence-corrected chi connectivity index (χ3v) is 6.40. The Morgan fingerprint density at radius 3 is 2.46 bits per heavy atom. The zero-order valence-electron chi connectivity index (χ0n) is 14.3. The number of aliphatic carboxylic acids is 1. The summed E-state index contributed by atoms with van der Waals surface area (Å²) in [4.78, 5) is 26.1. The molecule has 0 fully saturated rings. The van der Waals surface area contributed by atoms with Crippen molar-refractivity contribution < 1.29 is 23.1 Å². The van der Waals surface area contributed by atoms with Crippen LogP contribution in [0, 0.1) is 0 Å². The average molecular weight is 373 g/mol. The SMILES string of the molecule is CCS(=O)(=O)c1ccccc1C(=O)N1Cc2ccccc2C(C(=O)O)C1. The maximum absolute atomic E-state index is 13.0. The standard InChI is InChI=1S/C19H19NO5S/c1-2-26(24,25)17-10-6-5-9-15(17)18(21)20-11-13-7-3-4-8-14(13)16(12-20)19(22)23/h3-10,16H,2,11-12H2,1H3,(H,22,23). The molecule has 2 aromatic rings. The molecule has 1 heterocycles. The van der Waals surface area contributed by atoms with Crippen molar-refractivity contribution in [3.8, 4) is 0 Å². The molecule has 136 valence electrons. The minimum Gasteiger partial charge on any atom is -0.481 e. The first kappa shape index (κ1) is 18.1. The lowest BCUT2D eigenvalue weighted by atomic mass is 9.89. The first-order chi connectivity index (χ1) is 12.3. The number of sulfone groups is 1. The normalized spacial score (nSPS) is 16.8. The molecular formula is C19H19NO5S. The maximum Gasteiger partial charge on any atom is 0.312 e. The summed E-state index contributed by atoms with van der Waals surface area (Å²) in [7, 11) is -3.57. The fourth-order valence-electron chi connectivity index (χ4n) is 3.21. The second-order valence-electron chi connectivity index (χ2n) is 6.17. The summed E-state index contributed by atoms with van der Waals surface area (Å²) in [5.41, 5.74) is 1.53. The van der Waals surface area contributed by atoms with E-state index >= 15 is 0 Å². The molecule has 0 aromatic heterocycles. The molecule has 0 saturated carbocycles. The molecule has 1 aliphatic heterocycles. The lowest BCUT2D eigenvalue weighted by molar-refractivity contribution is -0.139. The number of hydrogen-bond acceptors (Lipinski definition) is 4. The second-order valence-corrected chi connectivity index (χ2v) is 8.42. The van der Waals surface area contributed by atoms with Gasteiger partial charge in [-0.1, -0.05) is 43.3 Å². The number of carbonyl (C=O) groups excluding carboxylic acids is 1. The van der Waals surface area contributed by atoms with Crippen molar-refractivity contribution in [2.75, 3.05) is 12.3 Å². The third-order valence-electron chi connectivity index (χ3n) is 4.61. The van der Waals surface area contributed by atoms with Crippen LogP contribution in [-0.2, 0) is 21.2 Å². The molecule has 0 radical (unpaired) electrons. The quantitative estimate of drug-likeness (QED) is 0.888. The second kappa shape index (κ2) is 6.92. The van der Waals surface area contributed by atoms with Gasteiger partial charge in [-0.3, -0.25) is 9.59 Å². The van der Waals surface area contributed by atoms with Crippen LogP contribution in [0.4, 0.5) is 0 Å². The van der Waals surface area contributed by atoms with Crippen LogP contribution < -0.4 is 0 Å². The molecular weight excluding hydrogens is 354 g/mol. The summed E-state index contributed by atoms with van der Waals surface area (Å²) in [5, 5.41) is 9.54. The van der Waals surface area contributed by atoms with Gasteiger partial charge in [0.1, 0.15) is 0 Å². The van der Waals surface area contributed by atoms with Gasteiger partial charge in [-0.05, 0) is 23.3 Å². The fourth-order valence-corrected chi connectivity index (χ4v) is 4.30. The van der Waals surface area contributed by atoms with E-state index in [2.05, 4.69) is 0 Å². The summed E-state index contributed by atoms with van der Waals surface area (Å²) in [6.07, 6.45) is 0. The summed E-state index contributed by atoms with van der Waals surface area (Å²) < 4.78 is 24.6. The molecule has 1 amide bonds. The van der Waals surface area contributed by atoms with Crippen LogP contribution in [0.1, 0.15) is 34.3 Å². The van der Waals surface area contributed by atoms with Crippen molar-refractivity contribution in [3.05, 3.63) is 65.2 Å². The number of hydrogen-bond donors (Lipinski definition) is 1. The lowest BCUT2D eigenvalue weighted by Gasteiger charge is -2.33. The minimum absolute atomic E-state index is 0.00564. The van der Waals surface area contributed by atoms with Crippen LogP contribution in [0.25, 0.3) is 0 Å². The van der Waals surface area contributed by atoms with E-state index in [0.717, 1.165) is 5.56 Å². The maximum atomic E-state index is 13.0. The van der Waals surface area contributed by atoms with Gasteiger partial charge < -0.3 is 10.0 Å². The molecule has 0 aliphatic carbocycles. The number of carbonyl (C=O) groups is 2. The Hall–Kier alpha value is -2.67. The summed E-state index contributed by atoms with van der Waals surface area (Å²) >= 11 is 0. The van der Waals surface area contributed by atoms with Crippen LogP contribution in [-0.4, -0.2) is 42.6 Å². The predicted molar refractivity (Wildman–Crippen MR) is 95.7 cm³/mol. The first-order valence-corrected chi connectivity index (χ1v) is 9.92. The van der Waals surface area contributed by atoms with Gasteiger partial charge >= 0.3 is 5.97 Å². The molecule has 1 N–H and O–H groups in total. The summed E-state index contributed by atoms with van der Waals surface area (Å²) in [6, 6.07) is 13.2. The highest BCUT2D eigenvalue weighted by Gasteiger charge is 2.34. The molecule has 26 heavy (non-hydrogen) atoms. The van der Waals surface area contributed by atoms with Crippen molar-refractivity contribution in [2.45, 2.75) is 24.3 Å². The molecule has 2 aromatic carbocycles. The summed E-state index contributed by atoms with van der Waals surface area (Å²) in [5.74, 6) is -2.43. The van der Waals surface area contributed by atoms with Gasteiger partial charge in [0.15, 0.2) is 9.84 Å². The summed E-state index contributed by atoms with van der Waals surface area (Å²) in [6.45, 7) is 1.78. The van der Waals surface area contributed by atoms with E-state index in [-0.39, 0.29) is 29.3 Å². The largest absolute Gasteiger partial charge is 0.481 e. The molecule has 0 bridgehead atoms. The van der Waals surface area contributed by atoms with Crippen molar-refractivity contribution in [2.24, 2.45) is 0 Å². The van der Waals surface area contributed by atoms with Crippen LogP contribution >= 0.6 is 0 Å². The average Bonchev–Trinajstić information content (AvgIpc) is 2.66. The smallest absolute Gasteiger partial charge is 0.312 e. The van der Waals surface area contributed by atoms with E-state index in [0.29, 0.717) is 5.56 Å². The number of benzene rings is 2. The highest BCUT2D eigenvalue weighted by atomic mass is 32.2. The van der Waals surface area contributed by atoms with Gasteiger partial charge in [0.25, 0.3) is 5.91 Å². The van der Waals surface area contributed by atoms with Gasteiger partial charge in [0, 0.05) is 13.1 Å². The van der Waals surface area contributed by atoms with Gasteiger partial charge in [0.2, 0.25) is 0 Å². The first-order valence-electron chi connectivity index (χ1n) is 8.27. The van der Waals surface area contributed by atoms with Crippen molar-refractivity contribution in [3.63, 3.8) is 0 Å². The van der Waals surface area contributed by atoms with Crippen molar-refractivity contribution in [1.29, 1.82) is 0 Å². The van der Waals surface area contributed by atoms with Gasteiger partial charge in [0.05, 0.1) is 22.1 Å². The number of rotatable bonds is 4. The molecule has 1 atom stereocenters. The molecule has 0 spiro atoms. The Labute approximate surface area is 152 Å². The van der Waals surface area contributed by atoms with E-state index in [9.17, 15) is 23.1 Å². The third kappa shape index (κ3) is 3.22. The lowest BCUT2D eigenvalue weighted by Crippen LogP contribution is -2.41. The van der Waals surface area contributed by atoms with Crippen molar-refractivity contribution in [1.82, 2.24) is 4.90 Å². The molecule has 1 unspecified atom stereocenters. The number of amides is 1. The van der Waals surface area contributed by atoms with E-state index in [4.69, 9.17) is 0 Å². The van der Waals surface area contributed by atoms with Gasteiger partial charge in [-0.25, -0.2) is 8.42 Å². The van der Waals surface area contributed by atoms with Crippen LogP contribution in [0.2, 0.25) is 0 Å². The Balaban J connectivity index is 2.02. The van der Waals surface area contributed by atoms with E-state index in [1.54, 1.807) is 36.4 Å². The number of carboxylic acid groups (broad SMARTS) is 1. The predicted octanol–water partition coefficient (Wildman–Crippen LogP) is 2.30. The van der Waals surface area contributed by atoms with E-state index in [1.165, 1.54) is 24.0 Å². The van der Waals surface area contributed by atoms with E-state index in [1.807, 2.05) is 0 Å². The fraction of sp³-hybridized carbons (Fsp3) is 0.263. The highest BCUT2D eigenvalue weighted by molar-refractivity contribution is 7.91. The number of fused-ring (bicyclic) bond motifs is 1. The number of nitrogens with zero attached hydrogens (tertiary/aromatic N) is 1. The topological polar surface area (TPSA) is 91.8 Å². The Morgan fingerprint density at radius 1 is 1.12 bits per heavy atom. The minimum atomic E-state index is -3.57. The van der Waals surface area contributed by atoms with Gasteiger partial charge in [-0.15, -0.1) is 0 Å². The Bertz CT molecular complexity index is 967. The molecule has 3 rings (SSSR count). The zero-order valence-corrected chi connectivity index (χ0v) is 15.1.